The van der Waals surface area contributed by atoms with Crippen LogP contribution in [0.25, 0.3) is 0 Å². The molecule has 1 aromatic heterocycles. The molecule has 0 aliphatic rings. The normalized spacial score (nSPS) is 12.3. The lowest BCUT2D eigenvalue weighted by atomic mass is 10.0. The molecule has 0 bridgehead atoms. The number of pyridine rings is 1. The van der Waals surface area contributed by atoms with Crippen LogP contribution >= 0.6 is 23.6 Å². The molecule has 0 aliphatic carbocycles. The van der Waals surface area contributed by atoms with Crippen molar-refractivity contribution in [3.8, 4) is 0 Å². The molecule has 19 heavy (non-hydrogen) atoms. The molecule has 1 atom stereocenters. The fourth-order valence-corrected chi connectivity index (χ4v) is 1.67. The van der Waals surface area contributed by atoms with Crippen LogP contribution in [0.2, 0.25) is 0 Å². The van der Waals surface area contributed by atoms with E-state index in [1.165, 1.54) is 4.68 Å². The molecular formula is C11H15Cl2N4O2+. The summed E-state index contributed by atoms with van der Waals surface area (Å²) in [5.74, 6) is -1.23. The summed E-state index contributed by atoms with van der Waals surface area (Å²) in [5, 5.41) is 2.69. The summed E-state index contributed by atoms with van der Waals surface area (Å²) in [5.41, 5.74) is 3.06. The minimum atomic E-state index is -0.879. The lowest BCUT2D eigenvalue weighted by Crippen LogP contribution is -2.48. The van der Waals surface area contributed by atoms with E-state index in [0.29, 0.717) is 15.9 Å². The predicted molar refractivity (Wildman–Crippen MR) is 71.6 cm³/mol. The Morgan fingerprint density at radius 2 is 2.16 bits per heavy atom. The third kappa shape index (κ3) is 5.02. The first-order valence-electron chi connectivity index (χ1n) is 5.59. The molecule has 104 valence electrons. The number of rotatable bonds is 6. The van der Waals surface area contributed by atoms with Gasteiger partial charge in [0.1, 0.15) is 12.2 Å². The Morgan fingerprint density at radius 3 is 2.68 bits per heavy atom. The van der Waals surface area contributed by atoms with E-state index in [2.05, 4.69) is 10.9 Å². The van der Waals surface area contributed by atoms with Crippen LogP contribution in [0.4, 0.5) is 0 Å². The summed E-state index contributed by atoms with van der Waals surface area (Å²) in [7, 11) is 0. The molecule has 1 heterocycles. The lowest BCUT2D eigenvalue weighted by molar-refractivity contribution is -0.660. The van der Waals surface area contributed by atoms with Crippen LogP contribution in [-0.4, -0.2) is 22.3 Å². The highest BCUT2D eigenvalue weighted by Gasteiger charge is 2.23. The van der Waals surface area contributed by atoms with Gasteiger partial charge in [-0.15, -0.1) is 0 Å². The first kappa shape index (κ1) is 15.7. The minimum absolute atomic E-state index is 0.0370. The summed E-state index contributed by atoms with van der Waals surface area (Å²) in [6.07, 6.45) is 3.77. The van der Waals surface area contributed by atoms with E-state index in [-0.39, 0.29) is 11.9 Å². The molecule has 2 N–H and O–H groups in total. The topological polar surface area (TPSA) is 65.3 Å². The van der Waals surface area contributed by atoms with Crippen molar-refractivity contribution in [2.24, 2.45) is 0 Å². The molecule has 0 saturated heterocycles. The minimum Gasteiger partial charge on any atom is -0.353 e. The zero-order valence-corrected chi connectivity index (χ0v) is 12.0. The molecular weight excluding hydrogens is 291 g/mol. The fraction of sp³-hybridized carbons (Fsp3) is 0.364. The lowest BCUT2D eigenvalue weighted by Gasteiger charge is -2.13. The molecule has 0 radical (unpaired) electrons. The number of nitrogens with zero attached hydrogens (tertiary/aromatic N) is 2. The van der Waals surface area contributed by atoms with Crippen molar-refractivity contribution in [1.29, 1.82) is 0 Å². The van der Waals surface area contributed by atoms with Gasteiger partial charge in [0, 0.05) is 45.3 Å². The molecule has 8 heteroatoms. The Balaban J connectivity index is 2.92. The Morgan fingerprint density at radius 1 is 1.47 bits per heavy atom. The van der Waals surface area contributed by atoms with Gasteiger partial charge in [0.05, 0.1) is 0 Å². The third-order valence-electron chi connectivity index (χ3n) is 2.22. The monoisotopic (exact) mass is 305 g/mol. The van der Waals surface area contributed by atoms with Crippen LogP contribution < -0.4 is 15.5 Å². The molecule has 0 aliphatic heterocycles. The number of hydrogen-bond acceptors (Lipinski definition) is 4. The maximum Gasteiger partial charge on any atom is 0.235 e. The maximum atomic E-state index is 11.9. The summed E-state index contributed by atoms with van der Waals surface area (Å²) >= 11 is 10.9. The number of carbonyl (C=O) groups is 2. The third-order valence-corrected chi connectivity index (χ3v) is 2.37. The van der Waals surface area contributed by atoms with Crippen LogP contribution in [0.1, 0.15) is 25.3 Å². The molecule has 0 spiro atoms. The largest absolute Gasteiger partial charge is 0.353 e. The number of amides is 1. The van der Waals surface area contributed by atoms with Gasteiger partial charge in [-0.3, -0.25) is 4.79 Å². The molecule has 1 unspecified atom stereocenters. The Kier molecular flexibility index (Phi) is 6.01. The zero-order chi connectivity index (χ0) is 14.4. The summed E-state index contributed by atoms with van der Waals surface area (Å²) < 4.78 is 2.13. The molecule has 1 aromatic rings. The summed E-state index contributed by atoms with van der Waals surface area (Å²) in [4.78, 5) is 23.0. The van der Waals surface area contributed by atoms with Crippen molar-refractivity contribution in [2.75, 3.05) is 5.53 Å². The van der Waals surface area contributed by atoms with Crippen LogP contribution in [-0.2, 0) is 9.59 Å². The number of hydrazine groups is 1. The first-order valence-corrected chi connectivity index (χ1v) is 6.27. The van der Waals surface area contributed by atoms with Crippen molar-refractivity contribution >= 4 is 35.7 Å². The van der Waals surface area contributed by atoms with E-state index >= 15 is 0 Å². The summed E-state index contributed by atoms with van der Waals surface area (Å²) in [6.45, 7) is 3.65. The van der Waals surface area contributed by atoms with Crippen molar-refractivity contribution in [2.45, 2.75) is 25.8 Å². The Labute approximate surface area is 121 Å². The number of nitrogens with one attached hydrogen (secondary N) is 2. The number of hydrogen-bond donors (Lipinski definition) is 2. The highest BCUT2D eigenvalue weighted by Crippen LogP contribution is 2.11. The van der Waals surface area contributed by atoms with Gasteiger partial charge in [-0.25, -0.2) is 0 Å². The van der Waals surface area contributed by atoms with E-state index in [0.717, 1.165) is 0 Å². The van der Waals surface area contributed by atoms with Gasteiger partial charge in [0.25, 0.3) is 0 Å². The second-order valence-electron chi connectivity index (χ2n) is 4.15. The van der Waals surface area contributed by atoms with E-state index in [1.54, 1.807) is 24.5 Å². The van der Waals surface area contributed by atoms with Crippen molar-refractivity contribution in [3.63, 3.8) is 0 Å². The predicted octanol–water partition coefficient (Wildman–Crippen LogP) is 0.849. The van der Waals surface area contributed by atoms with Gasteiger partial charge in [-0.05, 0) is 19.9 Å². The average molecular weight is 306 g/mol. The van der Waals surface area contributed by atoms with Crippen molar-refractivity contribution in [3.05, 3.63) is 30.1 Å². The zero-order valence-electron chi connectivity index (χ0n) is 10.5. The van der Waals surface area contributed by atoms with Gasteiger partial charge < -0.3 is 10.1 Å². The summed E-state index contributed by atoms with van der Waals surface area (Å²) in [6, 6.07) is 3.30. The van der Waals surface area contributed by atoms with E-state index in [1.807, 2.05) is 13.8 Å². The molecule has 6 nitrogen and oxygen atoms in total. The molecule has 0 aromatic carbocycles. The number of halogens is 2. The standard InChI is InChI=1S/C11H14Cl2N4O2/c1-8(2)14-11(19)10(7-18)9-4-3-5-16(6-9)15-17(12)13/h3-8,10,15H,1-2H3/p+1. The average Bonchev–Trinajstić information content (AvgIpc) is 2.28. The Hall–Kier alpha value is -1.37. The van der Waals surface area contributed by atoms with Crippen LogP contribution in [0, 0.1) is 0 Å². The fourth-order valence-electron chi connectivity index (χ4n) is 1.49. The van der Waals surface area contributed by atoms with Gasteiger partial charge >= 0.3 is 0 Å². The number of carbonyl (C=O) groups excluding carboxylic acids is 2. The van der Waals surface area contributed by atoms with Crippen molar-refractivity contribution < 1.29 is 14.3 Å². The number of aldehydes is 1. The van der Waals surface area contributed by atoms with Gasteiger partial charge in [0.2, 0.25) is 18.3 Å². The van der Waals surface area contributed by atoms with Crippen molar-refractivity contribution in [1.82, 2.24) is 9.36 Å². The molecule has 0 fully saturated rings. The highest BCUT2D eigenvalue weighted by molar-refractivity contribution is 6.33. The molecule has 1 amide bonds. The van der Waals surface area contributed by atoms with E-state index in [4.69, 9.17) is 23.6 Å². The number of aromatic nitrogens is 1. The second-order valence-corrected chi connectivity index (χ2v) is 5.00. The molecule has 1 rings (SSSR count). The van der Waals surface area contributed by atoms with E-state index in [9.17, 15) is 9.59 Å². The Bertz CT molecular complexity index is 454. The van der Waals surface area contributed by atoms with Gasteiger partial charge in [0.15, 0.2) is 0 Å². The smallest absolute Gasteiger partial charge is 0.235 e. The SMILES string of the molecule is CC(C)NC(=O)C(C=O)c1ccc[n+](NN(Cl)Cl)c1. The highest BCUT2D eigenvalue weighted by atomic mass is 35.5. The van der Waals surface area contributed by atoms with E-state index < -0.39 is 5.92 Å². The quantitative estimate of drug-likeness (QED) is 0.269. The van der Waals surface area contributed by atoms with Gasteiger partial charge in [-0.1, -0.05) is 10.2 Å². The maximum absolute atomic E-state index is 11.9. The second kappa shape index (κ2) is 7.28. The van der Waals surface area contributed by atoms with Crippen LogP contribution in [0.3, 0.4) is 0 Å². The van der Waals surface area contributed by atoms with Crippen LogP contribution in [0.5, 0.6) is 0 Å². The molecule has 0 saturated carbocycles. The van der Waals surface area contributed by atoms with Gasteiger partial charge in [-0.2, -0.15) is 0 Å². The first-order chi connectivity index (χ1) is 8.93. The van der Waals surface area contributed by atoms with Crippen LogP contribution in [0.15, 0.2) is 24.5 Å².